The van der Waals surface area contributed by atoms with Gasteiger partial charge < -0.3 is 10.3 Å². The molecular weight excluding hydrogens is 216 g/mol. The van der Waals surface area contributed by atoms with Crippen LogP contribution in [0.15, 0.2) is 23.1 Å². The summed E-state index contributed by atoms with van der Waals surface area (Å²) >= 11 is 0. The Bertz CT molecular complexity index is 490. The van der Waals surface area contributed by atoms with Gasteiger partial charge in [0, 0.05) is 18.5 Å². The first-order chi connectivity index (χ1) is 6.96. The maximum absolute atomic E-state index is 11.4. The molecule has 6 heteroatoms. The molecule has 0 saturated heterocycles. The molecule has 0 aromatic carbocycles. The normalized spacial score (nSPS) is 11.5. The Morgan fingerprint density at radius 1 is 1.47 bits per heavy atom. The first-order valence-electron chi connectivity index (χ1n) is 4.61. The summed E-state index contributed by atoms with van der Waals surface area (Å²) in [6.45, 7) is 1.73. The smallest absolute Gasteiger partial charge is 0.273 e. The van der Waals surface area contributed by atoms with Crippen LogP contribution in [0.3, 0.4) is 0 Å². The highest BCUT2D eigenvalue weighted by molar-refractivity contribution is 7.91. The zero-order valence-electron chi connectivity index (χ0n) is 8.51. The van der Waals surface area contributed by atoms with E-state index in [-0.39, 0.29) is 29.3 Å². The average molecular weight is 230 g/mol. The van der Waals surface area contributed by atoms with Crippen LogP contribution in [0.2, 0.25) is 0 Å². The number of aryl methyl sites for hydroxylation is 1. The van der Waals surface area contributed by atoms with Crippen molar-refractivity contribution in [1.29, 1.82) is 0 Å². The molecule has 0 atom stereocenters. The Morgan fingerprint density at radius 3 is 2.73 bits per heavy atom. The molecule has 1 aromatic heterocycles. The second-order valence-corrected chi connectivity index (χ2v) is 5.67. The summed E-state index contributed by atoms with van der Waals surface area (Å²) in [4.78, 5) is 11.4. The van der Waals surface area contributed by atoms with E-state index in [1.165, 1.54) is 16.8 Å². The number of hydrogen-bond donors (Lipinski definition) is 1. The quantitative estimate of drug-likeness (QED) is 0.780. The van der Waals surface area contributed by atoms with E-state index in [4.69, 9.17) is 5.73 Å². The van der Waals surface area contributed by atoms with Gasteiger partial charge in [-0.1, -0.05) is 6.92 Å². The lowest BCUT2D eigenvalue weighted by atomic mass is 10.4. The Balaban J connectivity index is 2.84. The van der Waals surface area contributed by atoms with Crippen molar-refractivity contribution < 1.29 is 8.42 Å². The maximum atomic E-state index is 11.4. The van der Waals surface area contributed by atoms with E-state index < -0.39 is 9.84 Å². The van der Waals surface area contributed by atoms with Gasteiger partial charge in [-0.2, -0.15) is 0 Å². The molecule has 0 radical (unpaired) electrons. The average Bonchev–Trinajstić information content (AvgIpc) is 2.20. The van der Waals surface area contributed by atoms with E-state index in [9.17, 15) is 13.2 Å². The SMILES string of the molecule is CCS(=O)(=O)CCn1cccc(N)c1=O. The Hall–Kier alpha value is -1.30. The molecule has 0 spiro atoms. The van der Waals surface area contributed by atoms with Gasteiger partial charge in [-0.25, -0.2) is 8.42 Å². The second-order valence-electron chi connectivity index (χ2n) is 3.20. The fraction of sp³-hybridized carbons (Fsp3) is 0.444. The molecule has 5 nitrogen and oxygen atoms in total. The minimum atomic E-state index is -3.05. The van der Waals surface area contributed by atoms with E-state index in [1.807, 2.05) is 0 Å². The minimum absolute atomic E-state index is 0.0349. The summed E-state index contributed by atoms with van der Waals surface area (Å²) in [5.41, 5.74) is 5.20. The minimum Gasteiger partial charge on any atom is -0.394 e. The Labute approximate surface area is 88.4 Å². The largest absolute Gasteiger partial charge is 0.394 e. The first kappa shape index (κ1) is 11.8. The number of aromatic nitrogens is 1. The fourth-order valence-corrected chi connectivity index (χ4v) is 1.88. The first-order valence-corrected chi connectivity index (χ1v) is 6.44. The number of sulfone groups is 1. The van der Waals surface area contributed by atoms with E-state index in [0.29, 0.717) is 0 Å². The number of nitrogens with two attached hydrogens (primary N) is 1. The fourth-order valence-electron chi connectivity index (χ4n) is 1.11. The maximum Gasteiger partial charge on any atom is 0.273 e. The van der Waals surface area contributed by atoms with Crippen LogP contribution < -0.4 is 11.3 Å². The lowest BCUT2D eigenvalue weighted by molar-refractivity contribution is 0.588. The zero-order valence-corrected chi connectivity index (χ0v) is 9.33. The predicted octanol–water partition coefficient (Wildman–Crippen LogP) is -0.135. The molecule has 1 rings (SSSR count). The van der Waals surface area contributed by atoms with Crippen molar-refractivity contribution in [3.05, 3.63) is 28.7 Å². The molecule has 0 bridgehead atoms. The molecular formula is C9H14N2O3S. The summed E-state index contributed by atoms with van der Waals surface area (Å²) in [7, 11) is -3.05. The number of pyridine rings is 1. The van der Waals surface area contributed by atoms with Crippen molar-refractivity contribution in [3.8, 4) is 0 Å². The summed E-state index contributed by atoms with van der Waals surface area (Å²) in [5.74, 6) is 0.0525. The molecule has 0 saturated carbocycles. The van der Waals surface area contributed by atoms with Gasteiger partial charge in [-0.3, -0.25) is 4.79 Å². The van der Waals surface area contributed by atoms with Gasteiger partial charge in [0.1, 0.15) is 0 Å². The molecule has 0 unspecified atom stereocenters. The van der Waals surface area contributed by atoms with Gasteiger partial charge in [0.25, 0.3) is 5.56 Å². The summed E-state index contributed by atoms with van der Waals surface area (Å²) in [5, 5.41) is 0. The third-order valence-corrected chi connectivity index (χ3v) is 3.82. The Morgan fingerprint density at radius 2 is 2.13 bits per heavy atom. The highest BCUT2D eigenvalue weighted by Crippen LogP contribution is 1.95. The molecule has 84 valence electrons. The van der Waals surface area contributed by atoms with Crippen LogP contribution in [0.1, 0.15) is 6.92 Å². The van der Waals surface area contributed by atoms with Gasteiger partial charge in [-0.15, -0.1) is 0 Å². The van der Waals surface area contributed by atoms with Crippen LogP contribution in [0.25, 0.3) is 0 Å². The second kappa shape index (κ2) is 4.48. The molecule has 1 aromatic rings. The topological polar surface area (TPSA) is 82.2 Å². The third kappa shape index (κ3) is 3.09. The highest BCUT2D eigenvalue weighted by Gasteiger charge is 2.08. The number of nitrogens with zero attached hydrogens (tertiary/aromatic N) is 1. The van der Waals surface area contributed by atoms with E-state index >= 15 is 0 Å². The number of rotatable bonds is 4. The van der Waals surface area contributed by atoms with Crippen molar-refractivity contribution >= 4 is 15.5 Å². The molecule has 2 N–H and O–H groups in total. The van der Waals surface area contributed by atoms with Gasteiger partial charge >= 0.3 is 0 Å². The van der Waals surface area contributed by atoms with Crippen LogP contribution in [-0.2, 0) is 16.4 Å². The third-order valence-electron chi connectivity index (χ3n) is 2.13. The monoisotopic (exact) mass is 230 g/mol. The van der Waals surface area contributed by atoms with Crippen LogP contribution in [0.5, 0.6) is 0 Å². The van der Waals surface area contributed by atoms with Gasteiger partial charge in [-0.05, 0) is 12.1 Å². The van der Waals surface area contributed by atoms with Crippen LogP contribution in [0.4, 0.5) is 5.69 Å². The van der Waals surface area contributed by atoms with Crippen molar-refractivity contribution in [2.75, 3.05) is 17.2 Å². The van der Waals surface area contributed by atoms with E-state index in [2.05, 4.69) is 0 Å². The molecule has 0 fully saturated rings. The Kier molecular flexibility index (Phi) is 3.52. The molecule has 0 aliphatic carbocycles. The molecule has 0 aliphatic heterocycles. The van der Waals surface area contributed by atoms with Crippen molar-refractivity contribution in [2.45, 2.75) is 13.5 Å². The lowest BCUT2D eigenvalue weighted by Crippen LogP contribution is -2.25. The predicted molar refractivity (Wildman–Crippen MR) is 59.4 cm³/mol. The molecule has 1 heterocycles. The zero-order chi connectivity index (χ0) is 11.5. The van der Waals surface area contributed by atoms with Crippen LogP contribution in [-0.4, -0.2) is 24.5 Å². The number of hydrogen-bond acceptors (Lipinski definition) is 4. The summed E-state index contributed by atoms with van der Waals surface area (Å²) in [6.07, 6.45) is 1.53. The lowest BCUT2D eigenvalue weighted by Gasteiger charge is -2.05. The van der Waals surface area contributed by atoms with Crippen molar-refractivity contribution in [3.63, 3.8) is 0 Å². The standard InChI is InChI=1S/C9H14N2O3S/c1-2-15(13,14)7-6-11-5-3-4-8(10)9(11)12/h3-5H,2,6-7,10H2,1H3. The van der Waals surface area contributed by atoms with Gasteiger partial charge in [0.2, 0.25) is 0 Å². The number of nitrogen functional groups attached to an aromatic ring is 1. The van der Waals surface area contributed by atoms with Crippen molar-refractivity contribution in [2.24, 2.45) is 0 Å². The van der Waals surface area contributed by atoms with Crippen LogP contribution in [0, 0.1) is 0 Å². The van der Waals surface area contributed by atoms with E-state index in [0.717, 1.165) is 0 Å². The van der Waals surface area contributed by atoms with Crippen molar-refractivity contribution in [1.82, 2.24) is 4.57 Å². The molecule has 15 heavy (non-hydrogen) atoms. The highest BCUT2D eigenvalue weighted by atomic mass is 32.2. The molecule has 0 aliphatic rings. The summed E-state index contributed by atoms with van der Waals surface area (Å²) < 4.78 is 23.8. The van der Waals surface area contributed by atoms with E-state index in [1.54, 1.807) is 13.0 Å². The molecule has 0 amide bonds. The number of anilines is 1. The van der Waals surface area contributed by atoms with Crippen LogP contribution >= 0.6 is 0 Å². The van der Waals surface area contributed by atoms with Gasteiger partial charge in [0.15, 0.2) is 9.84 Å². The summed E-state index contributed by atoms with van der Waals surface area (Å²) in [6, 6.07) is 3.11. The van der Waals surface area contributed by atoms with Gasteiger partial charge in [0.05, 0.1) is 11.4 Å².